The van der Waals surface area contributed by atoms with Crippen molar-refractivity contribution in [2.75, 3.05) is 30.5 Å². The van der Waals surface area contributed by atoms with Crippen LogP contribution in [0.4, 0.5) is 11.4 Å². The molecule has 0 spiro atoms. The van der Waals surface area contributed by atoms with Gasteiger partial charge in [0.2, 0.25) is 5.91 Å². The molecule has 0 aliphatic carbocycles. The van der Waals surface area contributed by atoms with E-state index < -0.39 is 5.41 Å². The first-order valence-electron chi connectivity index (χ1n) is 9.76. The van der Waals surface area contributed by atoms with E-state index in [0.29, 0.717) is 35.2 Å². The number of hydrogen-bond donors (Lipinski definition) is 1. The Morgan fingerprint density at radius 3 is 2.66 bits per heavy atom. The van der Waals surface area contributed by atoms with Gasteiger partial charge >= 0.3 is 0 Å². The zero-order valence-corrected chi connectivity index (χ0v) is 17.6. The fourth-order valence-corrected chi connectivity index (χ4v) is 3.30. The number of para-hydroxylation sites is 1. The Hall–Kier alpha value is -3.02. The molecule has 0 aromatic heterocycles. The Kier molecular flexibility index (Phi) is 5.82. The average Bonchev–Trinajstić information content (AvgIpc) is 2.78. The molecule has 154 valence electrons. The third-order valence-corrected chi connectivity index (χ3v) is 4.82. The maximum atomic E-state index is 13.0. The van der Waals surface area contributed by atoms with Crippen molar-refractivity contribution < 1.29 is 19.1 Å². The van der Waals surface area contributed by atoms with E-state index in [9.17, 15) is 9.59 Å². The van der Waals surface area contributed by atoms with Crippen molar-refractivity contribution in [3.8, 4) is 11.5 Å². The van der Waals surface area contributed by atoms with Crippen LogP contribution in [0, 0.1) is 11.3 Å². The van der Waals surface area contributed by atoms with E-state index >= 15 is 0 Å². The molecule has 2 amide bonds. The Morgan fingerprint density at radius 2 is 1.97 bits per heavy atom. The molecule has 6 nitrogen and oxygen atoms in total. The summed E-state index contributed by atoms with van der Waals surface area (Å²) >= 11 is 0. The summed E-state index contributed by atoms with van der Waals surface area (Å²) in [4.78, 5) is 27.5. The molecule has 0 unspecified atom stereocenters. The minimum absolute atomic E-state index is 0.0377. The monoisotopic (exact) mass is 396 g/mol. The molecule has 0 saturated carbocycles. The summed E-state index contributed by atoms with van der Waals surface area (Å²) in [7, 11) is 1.53. The van der Waals surface area contributed by atoms with Gasteiger partial charge in [0, 0.05) is 18.3 Å². The highest BCUT2D eigenvalue weighted by atomic mass is 16.5. The van der Waals surface area contributed by atoms with Crippen LogP contribution < -0.4 is 19.7 Å². The second kappa shape index (κ2) is 8.15. The first-order valence-corrected chi connectivity index (χ1v) is 9.76. The second-order valence-corrected chi connectivity index (χ2v) is 8.32. The van der Waals surface area contributed by atoms with E-state index in [-0.39, 0.29) is 18.4 Å². The van der Waals surface area contributed by atoms with Crippen LogP contribution in [0.2, 0.25) is 0 Å². The Bertz CT molecular complexity index is 921. The van der Waals surface area contributed by atoms with E-state index in [1.807, 2.05) is 26.0 Å². The number of hydrogen-bond acceptors (Lipinski definition) is 4. The van der Waals surface area contributed by atoms with E-state index in [2.05, 4.69) is 19.2 Å². The first-order chi connectivity index (χ1) is 13.7. The third kappa shape index (κ3) is 4.36. The summed E-state index contributed by atoms with van der Waals surface area (Å²) in [5.74, 6) is 1.17. The number of carbonyl (C=O) groups excluding carboxylic acids is 2. The normalized spacial score (nSPS) is 15.4. The molecular formula is C23H28N2O4. The first kappa shape index (κ1) is 20.7. The number of fused-ring (bicyclic) bond motifs is 1. The molecule has 1 heterocycles. The lowest BCUT2D eigenvalue weighted by atomic mass is 9.92. The molecule has 1 aliphatic rings. The van der Waals surface area contributed by atoms with Crippen LogP contribution >= 0.6 is 0 Å². The molecule has 0 radical (unpaired) electrons. The van der Waals surface area contributed by atoms with Gasteiger partial charge in [0.15, 0.2) is 0 Å². The molecule has 0 atom stereocenters. The number of nitrogens with one attached hydrogen (secondary N) is 1. The summed E-state index contributed by atoms with van der Waals surface area (Å²) in [6, 6.07) is 12.4. The number of anilines is 2. The van der Waals surface area contributed by atoms with Crippen LogP contribution in [0.5, 0.6) is 11.5 Å². The minimum Gasteiger partial charge on any atom is -0.496 e. The molecule has 6 heteroatoms. The van der Waals surface area contributed by atoms with Gasteiger partial charge in [0.05, 0.1) is 23.8 Å². The number of rotatable bonds is 5. The second-order valence-electron chi connectivity index (χ2n) is 8.32. The molecule has 0 saturated heterocycles. The molecule has 2 aromatic carbocycles. The van der Waals surface area contributed by atoms with Crippen molar-refractivity contribution in [1.29, 1.82) is 0 Å². The summed E-state index contributed by atoms with van der Waals surface area (Å²) in [6.07, 6.45) is 0. The van der Waals surface area contributed by atoms with Gasteiger partial charge in [0.1, 0.15) is 18.1 Å². The van der Waals surface area contributed by atoms with Crippen LogP contribution in [0.15, 0.2) is 42.5 Å². The molecular weight excluding hydrogens is 368 g/mol. The lowest BCUT2D eigenvalue weighted by molar-refractivity contribution is -0.127. The molecule has 2 aromatic rings. The van der Waals surface area contributed by atoms with Gasteiger partial charge in [0.25, 0.3) is 5.91 Å². The highest BCUT2D eigenvalue weighted by Crippen LogP contribution is 2.38. The lowest BCUT2D eigenvalue weighted by Crippen LogP contribution is -2.43. The summed E-state index contributed by atoms with van der Waals surface area (Å²) < 4.78 is 11.2. The van der Waals surface area contributed by atoms with Gasteiger partial charge in [-0.1, -0.05) is 26.0 Å². The Morgan fingerprint density at radius 1 is 1.24 bits per heavy atom. The molecule has 1 N–H and O–H groups in total. The molecule has 1 aliphatic heterocycles. The molecule has 3 rings (SSSR count). The smallest absolute Gasteiger partial charge is 0.259 e. The van der Waals surface area contributed by atoms with Gasteiger partial charge in [-0.25, -0.2) is 0 Å². The number of methoxy groups -OCH3 is 1. The minimum atomic E-state index is -0.630. The van der Waals surface area contributed by atoms with Crippen molar-refractivity contribution in [2.45, 2.75) is 27.7 Å². The third-order valence-electron chi connectivity index (χ3n) is 4.82. The fourth-order valence-electron chi connectivity index (χ4n) is 3.30. The maximum Gasteiger partial charge on any atom is 0.259 e. The Balaban J connectivity index is 1.91. The van der Waals surface area contributed by atoms with E-state index in [0.717, 1.165) is 5.69 Å². The number of benzene rings is 2. The van der Waals surface area contributed by atoms with Crippen molar-refractivity contribution in [2.24, 2.45) is 11.3 Å². The fraction of sp³-hybridized carbons (Fsp3) is 0.391. The van der Waals surface area contributed by atoms with Gasteiger partial charge in [-0.05, 0) is 44.0 Å². The molecule has 0 fully saturated rings. The van der Waals surface area contributed by atoms with E-state index in [1.165, 1.54) is 7.11 Å². The largest absolute Gasteiger partial charge is 0.496 e. The van der Waals surface area contributed by atoms with Crippen LogP contribution in [-0.4, -0.2) is 32.1 Å². The van der Waals surface area contributed by atoms with Crippen LogP contribution in [0.3, 0.4) is 0 Å². The number of ether oxygens (including phenoxy) is 2. The van der Waals surface area contributed by atoms with Crippen molar-refractivity contribution in [3.63, 3.8) is 0 Å². The highest BCUT2D eigenvalue weighted by Gasteiger charge is 2.38. The van der Waals surface area contributed by atoms with Gasteiger partial charge in [-0.3, -0.25) is 9.59 Å². The van der Waals surface area contributed by atoms with Gasteiger partial charge < -0.3 is 19.7 Å². The molecule has 0 bridgehead atoms. The number of nitrogens with zero attached hydrogens (tertiary/aromatic N) is 1. The van der Waals surface area contributed by atoms with Crippen LogP contribution in [0.1, 0.15) is 38.1 Å². The predicted molar refractivity (Wildman–Crippen MR) is 114 cm³/mol. The topological polar surface area (TPSA) is 67.9 Å². The van der Waals surface area contributed by atoms with E-state index in [1.54, 1.807) is 35.2 Å². The van der Waals surface area contributed by atoms with Gasteiger partial charge in [-0.2, -0.15) is 0 Å². The Labute approximate surface area is 171 Å². The van der Waals surface area contributed by atoms with Crippen molar-refractivity contribution in [3.05, 3.63) is 48.0 Å². The number of amides is 2. The predicted octanol–water partition coefficient (Wildman–Crippen LogP) is 4.36. The highest BCUT2D eigenvalue weighted by molar-refractivity contribution is 6.06. The van der Waals surface area contributed by atoms with Crippen LogP contribution in [0.25, 0.3) is 0 Å². The number of carbonyl (C=O) groups is 2. The lowest BCUT2D eigenvalue weighted by Gasteiger charge is -2.29. The standard InChI is InChI=1S/C23H28N2O4/c1-15(2)13-25-18-11-10-16(12-20(18)29-14-23(3,4)22(25)27)24-21(26)17-8-6-7-9-19(17)28-5/h6-12,15H,13-14H2,1-5H3,(H,24,26). The van der Waals surface area contributed by atoms with Gasteiger partial charge in [-0.15, -0.1) is 0 Å². The zero-order chi connectivity index (χ0) is 21.2. The summed E-state index contributed by atoms with van der Waals surface area (Å²) in [6.45, 7) is 8.81. The molecule has 29 heavy (non-hydrogen) atoms. The average molecular weight is 396 g/mol. The zero-order valence-electron chi connectivity index (χ0n) is 17.6. The summed E-state index contributed by atoms with van der Waals surface area (Å²) in [5.41, 5.74) is 1.14. The maximum absolute atomic E-state index is 13.0. The van der Waals surface area contributed by atoms with Crippen molar-refractivity contribution >= 4 is 23.2 Å². The summed E-state index contributed by atoms with van der Waals surface area (Å²) in [5, 5.41) is 2.89. The van der Waals surface area contributed by atoms with Crippen LogP contribution in [-0.2, 0) is 4.79 Å². The SMILES string of the molecule is COc1ccccc1C(=O)Nc1ccc2c(c1)OCC(C)(C)C(=O)N2CC(C)C. The van der Waals surface area contributed by atoms with Crippen molar-refractivity contribution in [1.82, 2.24) is 0 Å². The van der Waals surface area contributed by atoms with E-state index in [4.69, 9.17) is 9.47 Å². The quantitative estimate of drug-likeness (QED) is 0.816.